The minimum Gasteiger partial charge on any atom is -0.481 e. The first-order valence-corrected chi connectivity index (χ1v) is 20.5. The van der Waals surface area contributed by atoms with Crippen molar-refractivity contribution in [3.8, 4) is 0 Å². The number of hydrogen-bond acceptors (Lipinski definition) is 15. The van der Waals surface area contributed by atoms with Crippen LogP contribution >= 0.6 is 0 Å². The third-order valence-corrected chi connectivity index (χ3v) is 7.53. The largest absolute Gasteiger partial charge is 0.481 e. The fourth-order valence-electron chi connectivity index (χ4n) is 4.55. The molecule has 0 aromatic carbocycles. The molecule has 328 valence electrons. The molecule has 16 nitrogen and oxygen atoms in total. The Morgan fingerprint density at radius 2 is 0.545 bits per heavy atom. The Morgan fingerprint density at radius 3 is 0.818 bits per heavy atom. The zero-order chi connectivity index (χ0) is 39.8. The van der Waals surface area contributed by atoms with Crippen molar-refractivity contribution in [1.29, 1.82) is 0 Å². The highest BCUT2D eigenvalue weighted by molar-refractivity contribution is 5.69. The van der Waals surface area contributed by atoms with E-state index in [1.807, 2.05) is 0 Å². The minimum atomic E-state index is -0.876. The Morgan fingerprint density at radius 1 is 0.309 bits per heavy atom. The molecule has 1 N–H and O–H groups in total. The standard InChI is InChI=1S/C39H76O16/c1-2-3-4-5-6-7-8-9-10-11-39(42)55-37-36-54-35-34-53-33-32-52-31-30-51-29-28-50-27-26-49-25-24-48-23-22-47-21-20-46-19-18-45-17-16-44-15-14-43-13-12-38(40)41/h2-37H2,1H3,(H,40,41). The Hall–Kier alpha value is -1.54. The third kappa shape index (κ3) is 50.4. The van der Waals surface area contributed by atoms with Gasteiger partial charge in [0.1, 0.15) is 6.61 Å². The summed E-state index contributed by atoms with van der Waals surface area (Å²) in [6.45, 7) is 13.4. The van der Waals surface area contributed by atoms with Gasteiger partial charge in [0.25, 0.3) is 0 Å². The molecule has 0 rings (SSSR count). The van der Waals surface area contributed by atoms with Crippen LogP contribution in [0.2, 0.25) is 0 Å². The van der Waals surface area contributed by atoms with Gasteiger partial charge in [0.05, 0.1) is 165 Å². The molecular formula is C39H76O16. The van der Waals surface area contributed by atoms with Gasteiger partial charge in [0, 0.05) is 6.42 Å². The average molecular weight is 801 g/mol. The maximum absolute atomic E-state index is 11.8. The first-order valence-electron chi connectivity index (χ1n) is 20.5. The van der Waals surface area contributed by atoms with E-state index in [1.54, 1.807) is 0 Å². The Kier molecular flexibility index (Phi) is 47.2. The molecule has 0 aromatic rings. The lowest BCUT2D eigenvalue weighted by molar-refractivity contribution is -0.145. The summed E-state index contributed by atoms with van der Waals surface area (Å²) in [5.41, 5.74) is 0. The molecule has 0 radical (unpaired) electrons. The maximum Gasteiger partial charge on any atom is 0.305 e. The van der Waals surface area contributed by atoms with Crippen molar-refractivity contribution < 1.29 is 76.3 Å². The normalized spacial score (nSPS) is 11.4. The van der Waals surface area contributed by atoms with Crippen molar-refractivity contribution in [1.82, 2.24) is 0 Å². The average Bonchev–Trinajstić information content (AvgIpc) is 3.18. The Balaban J connectivity index is 3.11. The van der Waals surface area contributed by atoms with E-state index in [4.69, 9.17) is 66.7 Å². The topological polar surface area (TPSA) is 174 Å². The van der Waals surface area contributed by atoms with Gasteiger partial charge in [-0.2, -0.15) is 0 Å². The highest BCUT2D eigenvalue weighted by Crippen LogP contribution is 2.10. The van der Waals surface area contributed by atoms with Crippen molar-refractivity contribution in [2.24, 2.45) is 0 Å². The molecule has 0 heterocycles. The number of ether oxygens (including phenoxy) is 13. The van der Waals surface area contributed by atoms with Crippen LogP contribution in [-0.4, -0.2) is 182 Å². The monoisotopic (exact) mass is 801 g/mol. The van der Waals surface area contributed by atoms with E-state index in [1.165, 1.54) is 44.9 Å². The predicted octanol–water partition coefficient (Wildman–Crippen LogP) is 4.12. The predicted molar refractivity (Wildman–Crippen MR) is 205 cm³/mol. The zero-order valence-corrected chi connectivity index (χ0v) is 34.0. The van der Waals surface area contributed by atoms with Gasteiger partial charge in [-0.3, -0.25) is 9.59 Å². The third-order valence-electron chi connectivity index (χ3n) is 7.53. The molecule has 16 heteroatoms. The molecule has 0 atom stereocenters. The smallest absolute Gasteiger partial charge is 0.305 e. The summed E-state index contributed by atoms with van der Waals surface area (Å²) >= 11 is 0. The van der Waals surface area contributed by atoms with Crippen LogP contribution < -0.4 is 0 Å². The number of carboxylic acid groups (broad SMARTS) is 1. The van der Waals surface area contributed by atoms with E-state index in [2.05, 4.69) is 6.92 Å². The summed E-state index contributed by atoms with van der Waals surface area (Å²) in [5.74, 6) is -1.02. The van der Waals surface area contributed by atoms with Crippen LogP contribution in [0.15, 0.2) is 0 Å². The van der Waals surface area contributed by atoms with Gasteiger partial charge in [-0.1, -0.05) is 58.3 Å². The van der Waals surface area contributed by atoms with E-state index >= 15 is 0 Å². The second-order valence-corrected chi connectivity index (χ2v) is 12.3. The number of carbonyl (C=O) groups excluding carboxylic acids is 1. The van der Waals surface area contributed by atoms with Gasteiger partial charge in [-0.25, -0.2) is 0 Å². The summed E-state index contributed by atoms with van der Waals surface area (Å²) in [4.78, 5) is 22.1. The molecule has 0 aliphatic heterocycles. The minimum absolute atomic E-state index is 0.00543. The molecule has 0 spiro atoms. The van der Waals surface area contributed by atoms with E-state index in [0.717, 1.165) is 12.8 Å². The van der Waals surface area contributed by atoms with Gasteiger partial charge >= 0.3 is 11.9 Å². The molecule has 0 fully saturated rings. The fourth-order valence-corrected chi connectivity index (χ4v) is 4.55. The van der Waals surface area contributed by atoms with Gasteiger partial charge in [-0.15, -0.1) is 0 Å². The SMILES string of the molecule is CCCCCCCCCCCC(=O)OCCOCCOCCOCCOCCOCCOCCOCCOCCOCCOCCOCCOCCC(=O)O. The van der Waals surface area contributed by atoms with Crippen LogP contribution in [-0.2, 0) is 71.2 Å². The summed E-state index contributed by atoms with van der Waals surface area (Å²) in [6.07, 6.45) is 11.5. The van der Waals surface area contributed by atoms with Crippen molar-refractivity contribution in [3.63, 3.8) is 0 Å². The van der Waals surface area contributed by atoms with Crippen LogP contribution in [0, 0.1) is 0 Å². The number of unbranched alkanes of at least 4 members (excludes halogenated alkanes) is 8. The van der Waals surface area contributed by atoms with E-state index in [0.29, 0.717) is 158 Å². The van der Waals surface area contributed by atoms with Gasteiger partial charge in [0.2, 0.25) is 0 Å². The van der Waals surface area contributed by atoms with Crippen molar-refractivity contribution in [2.45, 2.75) is 77.6 Å². The first-order chi connectivity index (χ1) is 27.2. The Labute approximate surface area is 330 Å². The lowest BCUT2D eigenvalue weighted by Crippen LogP contribution is -2.15. The summed E-state index contributed by atoms with van der Waals surface area (Å²) < 4.78 is 70.3. The molecule has 0 aromatic heterocycles. The maximum atomic E-state index is 11.8. The van der Waals surface area contributed by atoms with Gasteiger partial charge < -0.3 is 66.7 Å². The Bertz CT molecular complexity index is 763. The lowest BCUT2D eigenvalue weighted by Gasteiger charge is -2.09. The lowest BCUT2D eigenvalue weighted by atomic mass is 10.1. The molecule has 0 saturated carbocycles. The van der Waals surface area contributed by atoms with Gasteiger partial charge in [-0.05, 0) is 6.42 Å². The number of hydrogen-bond donors (Lipinski definition) is 1. The molecule has 0 aliphatic rings. The van der Waals surface area contributed by atoms with Gasteiger partial charge in [0.15, 0.2) is 0 Å². The summed E-state index contributed by atoms with van der Waals surface area (Å²) in [6, 6.07) is 0. The highest BCUT2D eigenvalue weighted by atomic mass is 16.6. The molecular weight excluding hydrogens is 724 g/mol. The molecule has 0 bridgehead atoms. The molecule has 55 heavy (non-hydrogen) atoms. The fraction of sp³-hybridized carbons (Fsp3) is 0.949. The van der Waals surface area contributed by atoms with E-state index in [9.17, 15) is 9.59 Å². The number of carbonyl (C=O) groups is 2. The molecule has 0 aliphatic carbocycles. The van der Waals surface area contributed by atoms with Crippen molar-refractivity contribution >= 4 is 11.9 Å². The summed E-state index contributed by atoms with van der Waals surface area (Å²) in [7, 11) is 0. The number of aliphatic carboxylic acids is 1. The van der Waals surface area contributed by atoms with E-state index in [-0.39, 0.29) is 25.6 Å². The quantitative estimate of drug-likeness (QED) is 0.0687. The van der Waals surface area contributed by atoms with Crippen LogP contribution in [0.3, 0.4) is 0 Å². The second-order valence-electron chi connectivity index (χ2n) is 12.3. The number of esters is 1. The van der Waals surface area contributed by atoms with Crippen molar-refractivity contribution in [3.05, 3.63) is 0 Å². The second kappa shape index (κ2) is 48.6. The first kappa shape index (κ1) is 53.5. The number of carboxylic acids is 1. The van der Waals surface area contributed by atoms with Crippen LogP contribution in [0.4, 0.5) is 0 Å². The molecule has 0 amide bonds. The highest BCUT2D eigenvalue weighted by Gasteiger charge is 2.03. The zero-order valence-electron chi connectivity index (χ0n) is 34.0. The summed E-state index contributed by atoms with van der Waals surface area (Å²) in [5, 5.41) is 8.50. The van der Waals surface area contributed by atoms with Crippen LogP contribution in [0.5, 0.6) is 0 Å². The molecule has 0 saturated heterocycles. The molecule has 0 unspecified atom stereocenters. The van der Waals surface area contributed by atoms with Crippen molar-refractivity contribution in [2.75, 3.05) is 165 Å². The van der Waals surface area contributed by atoms with Crippen LogP contribution in [0.1, 0.15) is 77.6 Å². The number of rotatable bonds is 49. The van der Waals surface area contributed by atoms with E-state index < -0.39 is 5.97 Å². The van der Waals surface area contributed by atoms with Crippen LogP contribution in [0.25, 0.3) is 0 Å².